The van der Waals surface area contributed by atoms with Crippen molar-refractivity contribution >= 4 is 74.2 Å². The summed E-state index contributed by atoms with van der Waals surface area (Å²) in [6.07, 6.45) is 1.68. The summed E-state index contributed by atoms with van der Waals surface area (Å²) in [6, 6.07) is 19.5. The number of hydrogen-bond donors (Lipinski definition) is 2. The second kappa shape index (κ2) is 11.0. The zero-order valence-corrected chi connectivity index (χ0v) is 25.4. The normalized spacial score (nSPS) is 15.2. The number of aromatic nitrogens is 1. The third kappa shape index (κ3) is 5.16. The monoisotopic (exact) mass is 749 g/mol. The van der Waals surface area contributed by atoms with Gasteiger partial charge in [0.05, 0.1) is 32.5 Å². The van der Waals surface area contributed by atoms with Crippen LogP contribution in [-0.2, 0) is 4.79 Å². The fraction of sp³-hybridized carbons (Fsp3) is 0.107. The minimum atomic E-state index is -0.701. The molecular weight excluding hydrogens is 728 g/mol. The molecule has 0 saturated carbocycles. The first-order valence-electron chi connectivity index (χ1n) is 11.5. The molecule has 0 unspecified atom stereocenters. The van der Waals surface area contributed by atoms with Crippen LogP contribution in [0.5, 0.6) is 11.5 Å². The Balaban J connectivity index is 1.70. The number of methoxy groups -OCH3 is 1. The largest absolute Gasteiger partial charge is 0.506 e. The molecule has 0 spiro atoms. The summed E-state index contributed by atoms with van der Waals surface area (Å²) in [5.74, 6) is 0.445. The number of carbonyl (C=O) groups excluding carboxylic acids is 1. The van der Waals surface area contributed by atoms with Crippen molar-refractivity contribution in [3.8, 4) is 11.5 Å². The van der Waals surface area contributed by atoms with Crippen LogP contribution in [0.4, 0.5) is 5.69 Å². The lowest BCUT2D eigenvalue weighted by molar-refractivity contribution is -0.113. The van der Waals surface area contributed by atoms with Gasteiger partial charge in [-0.1, -0.05) is 41.7 Å². The second-order valence-electron chi connectivity index (χ2n) is 8.50. The number of ether oxygens (including phenoxy) is 1. The molecule has 192 valence electrons. The van der Waals surface area contributed by atoms with E-state index in [1.54, 1.807) is 48.9 Å². The molecule has 1 aromatic heterocycles. The molecule has 0 aliphatic carbocycles. The SMILES string of the molecule is COc1ccc([C@@H]2C(C(=O)Nc3ccccc3)=C(C)N=c3s/c(=C/c4cc(I)cc(I)c4O)c(=O)n32)cc1. The van der Waals surface area contributed by atoms with Crippen LogP contribution in [0.25, 0.3) is 6.08 Å². The number of nitrogens with one attached hydrogen (secondary N) is 1. The molecule has 1 aliphatic heterocycles. The second-order valence-corrected chi connectivity index (χ2v) is 11.9. The molecule has 0 bridgehead atoms. The maximum absolute atomic E-state index is 13.9. The molecule has 1 atom stereocenters. The van der Waals surface area contributed by atoms with Crippen molar-refractivity contribution in [3.05, 3.63) is 116 Å². The van der Waals surface area contributed by atoms with E-state index >= 15 is 0 Å². The Labute approximate surface area is 249 Å². The van der Waals surface area contributed by atoms with E-state index in [-0.39, 0.29) is 17.2 Å². The summed E-state index contributed by atoms with van der Waals surface area (Å²) in [6.45, 7) is 1.78. The number of benzene rings is 3. The number of thiazole rings is 1. The van der Waals surface area contributed by atoms with E-state index in [4.69, 9.17) is 4.74 Å². The van der Waals surface area contributed by atoms with E-state index in [1.165, 1.54) is 11.3 Å². The third-order valence-electron chi connectivity index (χ3n) is 6.07. The Morgan fingerprint density at radius 1 is 1.13 bits per heavy atom. The molecule has 0 radical (unpaired) electrons. The Morgan fingerprint density at radius 2 is 1.84 bits per heavy atom. The number of halogens is 2. The summed E-state index contributed by atoms with van der Waals surface area (Å²) in [7, 11) is 1.59. The molecule has 1 amide bonds. The third-order valence-corrected chi connectivity index (χ3v) is 8.50. The molecular formula is C28H21I2N3O4S. The number of rotatable bonds is 5. The number of phenols is 1. The van der Waals surface area contributed by atoms with Gasteiger partial charge in [-0.05, 0) is 100 Å². The van der Waals surface area contributed by atoms with Crippen molar-refractivity contribution in [2.24, 2.45) is 4.99 Å². The Bertz CT molecular complexity index is 1760. The molecule has 38 heavy (non-hydrogen) atoms. The number of phenolic OH excluding ortho intramolecular Hbond substituents is 1. The summed E-state index contributed by atoms with van der Waals surface area (Å²) >= 11 is 5.47. The highest BCUT2D eigenvalue weighted by molar-refractivity contribution is 14.1. The predicted octanol–water partition coefficient (Wildman–Crippen LogP) is 4.80. The maximum atomic E-state index is 13.9. The summed E-state index contributed by atoms with van der Waals surface area (Å²) in [5, 5.41) is 13.6. The van der Waals surface area contributed by atoms with Crippen molar-refractivity contribution in [1.29, 1.82) is 0 Å². The number of aromatic hydroxyl groups is 1. The van der Waals surface area contributed by atoms with E-state index < -0.39 is 6.04 Å². The van der Waals surface area contributed by atoms with Gasteiger partial charge in [-0.15, -0.1) is 0 Å². The van der Waals surface area contributed by atoms with Gasteiger partial charge in [-0.2, -0.15) is 0 Å². The Kier molecular flexibility index (Phi) is 7.73. The van der Waals surface area contributed by atoms with Gasteiger partial charge in [0.1, 0.15) is 11.5 Å². The minimum absolute atomic E-state index is 0.114. The lowest BCUT2D eigenvalue weighted by Crippen LogP contribution is -2.40. The topological polar surface area (TPSA) is 92.9 Å². The fourth-order valence-corrected chi connectivity index (χ4v) is 7.20. The van der Waals surface area contributed by atoms with E-state index in [9.17, 15) is 14.7 Å². The van der Waals surface area contributed by atoms with Crippen LogP contribution in [0, 0.1) is 7.14 Å². The molecule has 5 rings (SSSR count). The first-order valence-corrected chi connectivity index (χ1v) is 14.4. The van der Waals surface area contributed by atoms with Crippen LogP contribution in [0.1, 0.15) is 24.1 Å². The van der Waals surface area contributed by atoms with Crippen molar-refractivity contribution in [2.75, 3.05) is 12.4 Å². The number of anilines is 1. The van der Waals surface area contributed by atoms with Crippen LogP contribution in [-0.4, -0.2) is 22.7 Å². The van der Waals surface area contributed by atoms with Gasteiger partial charge in [0.2, 0.25) is 0 Å². The predicted molar refractivity (Wildman–Crippen MR) is 165 cm³/mol. The number of nitrogens with zero attached hydrogens (tertiary/aromatic N) is 2. The van der Waals surface area contributed by atoms with Gasteiger partial charge in [0.25, 0.3) is 11.5 Å². The number of allylic oxidation sites excluding steroid dienone is 1. The first kappa shape index (κ1) is 26.6. The van der Waals surface area contributed by atoms with Crippen LogP contribution >= 0.6 is 56.5 Å². The van der Waals surface area contributed by atoms with Crippen LogP contribution in [0.2, 0.25) is 0 Å². The highest BCUT2D eigenvalue weighted by atomic mass is 127. The number of hydrogen-bond acceptors (Lipinski definition) is 6. The number of amides is 1. The molecule has 2 heterocycles. The fourth-order valence-electron chi connectivity index (χ4n) is 4.27. The molecule has 7 nitrogen and oxygen atoms in total. The zero-order chi connectivity index (χ0) is 27.0. The molecule has 4 aromatic rings. The highest BCUT2D eigenvalue weighted by Gasteiger charge is 2.32. The highest BCUT2D eigenvalue weighted by Crippen LogP contribution is 2.32. The Hall–Kier alpha value is -2.97. The van der Waals surface area contributed by atoms with Crippen molar-refractivity contribution in [2.45, 2.75) is 13.0 Å². The van der Waals surface area contributed by atoms with Gasteiger partial charge in [0.15, 0.2) is 4.80 Å². The van der Waals surface area contributed by atoms with Gasteiger partial charge in [-0.25, -0.2) is 4.99 Å². The molecule has 2 N–H and O–H groups in total. The van der Waals surface area contributed by atoms with Crippen molar-refractivity contribution in [3.63, 3.8) is 0 Å². The standard InChI is InChI=1S/C28H21I2N3O4S/c1-15-23(26(35)32-19-6-4-3-5-7-19)24(16-8-10-20(37-2)11-9-16)33-27(36)22(38-28(33)31-15)13-17-12-18(29)14-21(30)25(17)34/h3-14,24,34H,1-2H3,(H,32,35)/b22-13+/t24-/m1/s1. The van der Waals surface area contributed by atoms with Crippen molar-refractivity contribution in [1.82, 2.24) is 4.57 Å². The summed E-state index contributed by atoms with van der Waals surface area (Å²) in [4.78, 5) is 32.6. The quantitative estimate of drug-likeness (QED) is 0.287. The van der Waals surface area contributed by atoms with E-state index in [0.717, 1.165) is 9.13 Å². The van der Waals surface area contributed by atoms with Crippen molar-refractivity contribution < 1.29 is 14.6 Å². The summed E-state index contributed by atoms with van der Waals surface area (Å²) in [5.41, 5.74) is 2.55. The van der Waals surface area contributed by atoms with Gasteiger partial charge in [0, 0.05) is 14.8 Å². The van der Waals surface area contributed by atoms with Crippen LogP contribution in [0.3, 0.4) is 0 Å². The summed E-state index contributed by atoms with van der Waals surface area (Å²) < 4.78 is 8.92. The average Bonchev–Trinajstić information content (AvgIpc) is 3.20. The van der Waals surface area contributed by atoms with E-state index in [2.05, 4.69) is 55.5 Å². The molecule has 0 saturated heterocycles. The average molecular weight is 749 g/mol. The lowest BCUT2D eigenvalue weighted by Gasteiger charge is -2.25. The van der Waals surface area contributed by atoms with Crippen LogP contribution < -0.4 is 24.9 Å². The molecule has 0 fully saturated rings. The molecule has 3 aromatic carbocycles. The first-order chi connectivity index (χ1) is 18.3. The molecule has 10 heteroatoms. The minimum Gasteiger partial charge on any atom is -0.506 e. The van der Waals surface area contributed by atoms with Gasteiger partial charge < -0.3 is 15.2 Å². The number of para-hydroxylation sites is 1. The van der Waals surface area contributed by atoms with Gasteiger partial charge >= 0.3 is 0 Å². The van der Waals surface area contributed by atoms with E-state index in [1.807, 2.05) is 42.5 Å². The lowest BCUT2D eigenvalue weighted by atomic mass is 9.95. The smallest absolute Gasteiger partial charge is 0.271 e. The number of carbonyl (C=O) groups is 1. The van der Waals surface area contributed by atoms with Crippen LogP contribution in [0.15, 0.2) is 87.8 Å². The number of fused-ring (bicyclic) bond motifs is 1. The zero-order valence-electron chi connectivity index (χ0n) is 20.2. The van der Waals surface area contributed by atoms with E-state index in [0.29, 0.717) is 41.2 Å². The molecule has 1 aliphatic rings. The Morgan fingerprint density at radius 3 is 2.53 bits per heavy atom. The van der Waals surface area contributed by atoms with Gasteiger partial charge in [-0.3, -0.25) is 14.2 Å². The maximum Gasteiger partial charge on any atom is 0.271 e.